The molecular formula is C17H27N. The summed E-state index contributed by atoms with van der Waals surface area (Å²) >= 11 is 0. The van der Waals surface area contributed by atoms with Crippen molar-refractivity contribution in [1.29, 1.82) is 0 Å². The lowest BCUT2D eigenvalue weighted by atomic mass is 9.96. The summed E-state index contributed by atoms with van der Waals surface area (Å²) in [4.78, 5) is 0. The number of hydrogen-bond donors (Lipinski definition) is 1. The quantitative estimate of drug-likeness (QED) is 0.754. The normalized spacial score (nSPS) is 19.4. The molecule has 1 aromatic rings. The molecule has 0 amide bonds. The zero-order valence-corrected chi connectivity index (χ0v) is 11.7. The highest BCUT2D eigenvalue weighted by Crippen LogP contribution is 2.21. The highest BCUT2D eigenvalue weighted by Gasteiger charge is 2.14. The molecular weight excluding hydrogens is 218 g/mol. The predicted molar refractivity (Wildman–Crippen MR) is 79.0 cm³/mol. The van der Waals surface area contributed by atoms with Crippen LogP contribution in [0.4, 0.5) is 0 Å². The van der Waals surface area contributed by atoms with Crippen LogP contribution in [0.15, 0.2) is 30.3 Å². The Morgan fingerprint density at radius 3 is 2.33 bits per heavy atom. The fourth-order valence-electron chi connectivity index (χ4n) is 3.02. The molecule has 1 aromatic carbocycles. The van der Waals surface area contributed by atoms with Gasteiger partial charge in [0.2, 0.25) is 0 Å². The Morgan fingerprint density at radius 2 is 1.72 bits per heavy atom. The number of hydrogen-bond acceptors (Lipinski definition) is 1. The van der Waals surface area contributed by atoms with Crippen LogP contribution >= 0.6 is 0 Å². The zero-order chi connectivity index (χ0) is 12.6. The fraction of sp³-hybridized carbons (Fsp3) is 0.647. The van der Waals surface area contributed by atoms with E-state index in [1.165, 1.54) is 50.5 Å². The average molecular weight is 245 g/mol. The van der Waals surface area contributed by atoms with Gasteiger partial charge < -0.3 is 5.32 Å². The number of benzene rings is 1. The first-order valence-electron chi connectivity index (χ1n) is 7.68. The molecule has 0 spiro atoms. The average Bonchev–Trinajstić information content (AvgIpc) is 2.69. The van der Waals surface area contributed by atoms with Crippen LogP contribution in [0.3, 0.4) is 0 Å². The SMILES string of the molecule is CCC(CNC1CCCCCC1)c1ccccc1. The molecule has 1 atom stereocenters. The van der Waals surface area contributed by atoms with Gasteiger partial charge in [0.25, 0.3) is 0 Å². The third kappa shape index (κ3) is 4.13. The van der Waals surface area contributed by atoms with E-state index in [2.05, 4.69) is 42.6 Å². The standard InChI is InChI=1S/C17H27N/c1-2-15(16-10-6-5-7-11-16)14-18-17-12-8-3-4-9-13-17/h5-7,10-11,15,17-18H,2-4,8-9,12-14H2,1H3. The summed E-state index contributed by atoms with van der Waals surface area (Å²) in [6.45, 7) is 3.44. The van der Waals surface area contributed by atoms with E-state index in [1.807, 2.05) is 0 Å². The van der Waals surface area contributed by atoms with Gasteiger partial charge in [0.15, 0.2) is 0 Å². The summed E-state index contributed by atoms with van der Waals surface area (Å²) in [6.07, 6.45) is 9.70. The summed E-state index contributed by atoms with van der Waals surface area (Å²) in [6, 6.07) is 11.7. The van der Waals surface area contributed by atoms with Gasteiger partial charge in [-0.1, -0.05) is 62.9 Å². The van der Waals surface area contributed by atoms with Crippen LogP contribution in [0, 0.1) is 0 Å². The molecule has 18 heavy (non-hydrogen) atoms. The van der Waals surface area contributed by atoms with Crippen LogP contribution < -0.4 is 5.32 Å². The van der Waals surface area contributed by atoms with Gasteiger partial charge >= 0.3 is 0 Å². The summed E-state index contributed by atoms with van der Waals surface area (Å²) < 4.78 is 0. The van der Waals surface area contributed by atoms with E-state index < -0.39 is 0 Å². The first-order valence-corrected chi connectivity index (χ1v) is 7.68. The van der Waals surface area contributed by atoms with Gasteiger partial charge in [0.05, 0.1) is 0 Å². The molecule has 1 nitrogen and oxygen atoms in total. The van der Waals surface area contributed by atoms with Crippen molar-refractivity contribution in [2.75, 3.05) is 6.54 Å². The lowest BCUT2D eigenvalue weighted by Crippen LogP contribution is -2.32. The van der Waals surface area contributed by atoms with Gasteiger partial charge in [0.1, 0.15) is 0 Å². The molecule has 1 unspecified atom stereocenters. The largest absolute Gasteiger partial charge is 0.313 e. The van der Waals surface area contributed by atoms with Gasteiger partial charge in [-0.2, -0.15) is 0 Å². The summed E-state index contributed by atoms with van der Waals surface area (Å²) in [7, 11) is 0. The molecule has 0 aliphatic heterocycles. The Labute approximate surface area is 112 Å². The van der Waals surface area contributed by atoms with E-state index in [1.54, 1.807) is 0 Å². The zero-order valence-electron chi connectivity index (χ0n) is 11.7. The molecule has 0 heterocycles. The highest BCUT2D eigenvalue weighted by atomic mass is 14.9. The Bertz CT molecular complexity index is 312. The van der Waals surface area contributed by atoms with Crippen LogP contribution in [0.1, 0.15) is 63.4 Å². The molecule has 1 fully saturated rings. The molecule has 1 aliphatic rings. The fourth-order valence-corrected chi connectivity index (χ4v) is 3.02. The lowest BCUT2D eigenvalue weighted by molar-refractivity contribution is 0.435. The molecule has 0 radical (unpaired) electrons. The Hall–Kier alpha value is -0.820. The van der Waals surface area contributed by atoms with E-state index in [-0.39, 0.29) is 0 Å². The van der Waals surface area contributed by atoms with E-state index in [4.69, 9.17) is 0 Å². The van der Waals surface area contributed by atoms with Crippen LogP contribution in [0.5, 0.6) is 0 Å². The van der Waals surface area contributed by atoms with Crippen molar-refractivity contribution < 1.29 is 0 Å². The number of nitrogens with one attached hydrogen (secondary N) is 1. The third-order valence-corrected chi connectivity index (χ3v) is 4.27. The van der Waals surface area contributed by atoms with Crippen molar-refractivity contribution in [3.63, 3.8) is 0 Å². The van der Waals surface area contributed by atoms with E-state index >= 15 is 0 Å². The van der Waals surface area contributed by atoms with Crippen molar-refractivity contribution in [3.8, 4) is 0 Å². The maximum absolute atomic E-state index is 3.81. The molecule has 0 bridgehead atoms. The van der Waals surface area contributed by atoms with Gasteiger partial charge in [-0.3, -0.25) is 0 Å². The van der Waals surface area contributed by atoms with E-state index in [0.29, 0.717) is 5.92 Å². The molecule has 0 aromatic heterocycles. The molecule has 1 saturated carbocycles. The molecule has 1 aliphatic carbocycles. The monoisotopic (exact) mass is 245 g/mol. The summed E-state index contributed by atoms with van der Waals surface area (Å²) in [5, 5.41) is 3.81. The minimum atomic E-state index is 0.675. The first kappa shape index (κ1) is 13.6. The minimum absolute atomic E-state index is 0.675. The second kappa shape index (κ2) is 7.58. The molecule has 1 N–H and O–H groups in total. The Balaban J connectivity index is 1.83. The second-order valence-corrected chi connectivity index (χ2v) is 5.61. The molecule has 100 valence electrons. The lowest BCUT2D eigenvalue weighted by Gasteiger charge is -2.21. The van der Waals surface area contributed by atoms with Crippen LogP contribution in [0.25, 0.3) is 0 Å². The summed E-state index contributed by atoms with van der Waals surface area (Å²) in [5.74, 6) is 0.675. The minimum Gasteiger partial charge on any atom is -0.313 e. The van der Waals surface area contributed by atoms with Gasteiger partial charge in [-0.25, -0.2) is 0 Å². The molecule has 2 rings (SSSR count). The number of rotatable bonds is 5. The highest BCUT2D eigenvalue weighted by molar-refractivity contribution is 5.19. The maximum Gasteiger partial charge on any atom is 0.00673 e. The topological polar surface area (TPSA) is 12.0 Å². The van der Waals surface area contributed by atoms with Crippen LogP contribution in [0.2, 0.25) is 0 Å². The third-order valence-electron chi connectivity index (χ3n) is 4.27. The van der Waals surface area contributed by atoms with Crippen molar-refractivity contribution in [3.05, 3.63) is 35.9 Å². The molecule has 0 saturated heterocycles. The van der Waals surface area contributed by atoms with E-state index in [0.717, 1.165) is 12.6 Å². The Morgan fingerprint density at radius 1 is 1.06 bits per heavy atom. The summed E-state index contributed by atoms with van der Waals surface area (Å²) in [5.41, 5.74) is 1.49. The van der Waals surface area contributed by atoms with Gasteiger partial charge in [-0.15, -0.1) is 0 Å². The van der Waals surface area contributed by atoms with Crippen molar-refractivity contribution in [1.82, 2.24) is 5.32 Å². The molecule has 1 heteroatoms. The van der Waals surface area contributed by atoms with Crippen molar-refractivity contribution in [2.45, 2.75) is 63.8 Å². The maximum atomic E-state index is 3.81. The van der Waals surface area contributed by atoms with Crippen LogP contribution in [-0.2, 0) is 0 Å². The first-order chi connectivity index (χ1) is 8.90. The Kier molecular flexibility index (Phi) is 5.73. The smallest absolute Gasteiger partial charge is 0.00673 e. The van der Waals surface area contributed by atoms with Gasteiger partial charge in [0, 0.05) is 12.6 Å². The van der Waals surface area contributed by atoms with Crippen LogP contribution in [-0.4, -0.2) is 12.6 Å². The van der Waals surface area contributed by atoms with Crippen molar-refractivity contribution >= 4 is 0 Å². The van der Waals surface area contributed by atoms with Gasteiger partial charge in [-0.05, 0) is 30.7 Å². The second-order valence-electron chi connectivity index (χ2n) is 5.61. The predicted octanol–water partition coefficient (Wildman–Crippen LogP) is 4.49. The van der Waals surface area contributed by atoms with E-state index in [9.17, 15) is 0 Å². The van der Waals surface area contributed by atoms with Crippen molar-refractivity contribution in [2.24, 2.45) is 0 Å².